The highest BCUT2D eigenvalue weighted by molar-refractivity contribution is 7.89. The third-order valence-corrected chi connectivity index (χ3v) is 8.80. The molecule has 186 valence electrons. The van der Waals surface area contributed by atoms with Crippen LogP contribution in [0.5, 0.6) is 0 Å². The number of sulfonamides is 2. The van der Waals surface area contributed by atoms with Crippen LogP contribution in [0, 0.1) is 13.8 Å². The fourth-order valence-electron chi connectivity index (χ4n) is 3.05. The van der Waals surface area contributed by atoms with Gasteiger partial charge >= 0.3 is 0 Å². The molecule has 0 aromatic heterocycles. The van der Waals surface area contributed by atoms with Crippen LogP contribution in [0.2, 0.25) is 0 Å². The van der Waals surface area contributed by atoms with Gasteiger partial charge in [-0.1, -0.05) is 35.4 Å². The van der Waals surface area contributed by atoms with E-state index in [1.165, 1.54) is 24.3 Å². The van der Waals surface area contributed by atoms with Crippen molar-refractivity contribution in [3.8, 4) is 0 Å². The van der Waals surface area contributed by atoms with Gasteiger partial charge in [-0.25, -0.2) is 16.8 Å². The van der Waals surface area contributed by atoms with E-state index in [2.05, 4.69) is 9.47 Å². The van der Waals surface area contributed by atoms with Gasteiger partial charge in [0.15, 0.2) is 0 Å². The molecule has 12 heteroatoms. The molecule has 0 heterocycles. The smallest absolute Gasteiger partial charge is 0.293 e. The Morgan fingerprint density at radius 3 is 1.24 bits per heavy atom. The first-order valence-electron chi connectivity index (χ1n) is 10.4. The highest BCUT2D eigenvalue weighted by Crippen LogP contribution is 2.19. The van der Waals surface area contributed by atoms with Crippen LogP contribution in [0.3, 0.4) is 0 Å². The van der Waals surface area contributed by atoms with Crippen LogP contribution >= 0.6 is 0 Å². The Kier molecular flexibility index (Phi) is 10.2. The number of aryl methyl sites for hydroxylation is 2. The van der Waals surface area contributed by atoms with Crippen LogP contribution in [-0.4, -0.2) is 77.8 Å². The lowest BCUT2D eigenvalue weighted by Crippen LogP contribution is -2.43. The Hall–Kier alpha value is -2.80. The van der Waals surface area contributed by atoms with E-state index >= 15 is 0 Å². The van der Waals surface area contributed by atoms with Crippen LogP contribution in [0.25, 0.3) is 0 Å². The summed E-state index contributed by atoms with van der Waals surface area (Å²) >= 11 is 0. The molecule has 0 aliphatic rings. The lowest BCUT2D eigenvalue weighted by atomic mass is 10.2. The standard InChI is InChI=1S/C22H28N2O8S2/c1-19-3-7-21(8-4-19)33(27,28)23(13-15-31-17-25)11-12-24(14-16-32-18-26)34(29,30)22-9-5-20(2)6-10-22/h3-10,17-18H,11-16H2,1-2H3. The third-order valence-electron chi connectivity index (χ3n) is 4.97. The summed E-state index contributed by atoms with van der Waals surface area (Å²) in [6.07, 6.45) is 0. The highest BCUT2D eigenvalue weighted by atomic mass is 32.2. The topological polar surface area (TPSA) is 127 Å². The zero-order valence-corrected chi connectivity index (χ0v) is 20.6. The molecule has 0 atom stereocenters. The molecule has 0 aliphatic carbocycles. The second kappa shape index (κ2) is 12.6. The zero-order valence-electron chi connectivity index (χ0n) is 19.0. The number of hydrogen-bond acceptors (Lipinski definition) is 8. The van der Waals surface area contributed by atoms with E-state index < -0.39 is 20.0 Å². The summed E-state index contributed by atoms with van der Waals surface area (Å²) in [5, 5.41) is 0. The van der Waals surface area contributed by atoms with Crippen LogP contribution in [0.1, 0.15) is 11.1 Å². The molecule has 0 N–H and O–H groups in total. The van der Waals surface area contributed by atoms with Gasteiger partial charge in [-0.15, -0.1) is 0 Å². The molecule has 0 spiro atoms. The van der Waals surface area contributed by atoms with E-state index in [1.807, 2.05) is 13.8 Å². The lowest BCUT2D eigenvalue weighted by Gasteiger charge is -2.27. The molecule has 0 saturated carbocycles. The summed E-state index contributed by atoms with van der Waals surface area (Å²) in [6.45, 7) is 2.89. The van der Waals surface area contributed by atoms with Crippen molar-refractivity contribution in [2.45, 2.75) is 23.6 Å². The van der Waals surface area contributed by atoms with E-state index in [1.54, 1.807) is 24.3 Å². The summed E-state index contributed by atoms with van der Waals surface area (Å²) in [6, 6.07) is 12.4. The molecule has 2 rings (SSSR count). The zero-order chi connectivity index (χ0) is 25.2. The summed E-state index contributed by atoms with van der Waals surface area (Å²) in [4.78, 5) is 21.2. The van der Waals surface area contributed by atoms with E-state index in [0.29, 0.717) is 0 Å². The van der Waals surface area contributed by atoms with Crippen LogP contribution in [0.4, 0.5) is 0 Å². The van der Waals surface area contributed by atoms with Crippen LogP contribution in [0.15, 0.2) is 58.3 Å². The van der Waals surface area contributed by atoms with Crippen LogP contribution < -0.4 is 0 Å². The highest BCUT2D eigenvalue weighted by Gasteiger charge is 2.29. The Morgan fingerprint density at radius 1 is 0.618 bits per heavy atom. The maximum Gasteiger partial charge on any atom is 0.293 e. The number of ether oxygens (including phenoxy) is 2. The molecule has 0 aliphatic heterocycles. The average molecular weight is 513 g/mol. The van der Waals surface area contributed by atoms with Crippen molar-refractivity contribution in [3.05, 3.63) is 59.7 Å². The quantitative estimate of drug-likeness (QED) is 0.258. The maximum atomic E-state index is 13.2. The molecule has 34 heavy (non-hydrogen) atoms. The number of carbonyl (C=O) groups excluding carboxylic acids is 2. The van der Waals surface area contributed by atoms with Crippen molar-refractivity contribution in [2.75, 3.05) is 39.4 Å². The van der Waals surface area contributed by atoms with Crippen molar-refractivity contribution in [1.29, 1.82) is 0 Å². The van der Waals surface area contributed by atoms with E-state index in [4.69, 9.17) is 0 Å². The molecule has 0 radical (unpaired) electrons. The summed E-state index contributed by atoms with van der Waals surface area (Å²) < 4.78 is 64.3. The van der Waals surface area contributed by atoms with Crippen molar-refractivity contribution in [2.24, 2.45) is 0 Å². The molecule has 2 aromatic rings. The van der Waals surface area contributed by atoms with Gasteiger partial charge in [0.05, 0.1) is 9.79 Å². The molecule has 0 unspecified atom stereocenters. The molecular formula is C22H28N2O8S2. The molecule has 0 amide bonds. The minimum atomic E-state index is -4.01. The van der Waals surface area contributed by atoms with Crippen LogP contribution in [-0.2, 0) is 39.1 Å². The number of nitrogens with zero attached hydrogens (tertiary/aromatic N) is 2. The number of hydrogen-bond donors (Lipinski definition) is 0. The van der Waals surface area contributed by atoms with Gasteiger partial charge in [-0.2, -0.15) is 8.61 Å². The number of rotatable bonds is 15. The average Bonchev–Trinajstić information content (AvgIpc) is 2.80. The fourth-order valence-corrected chi connectivity index (χ4v) is 5.88. The van der Waals surface area contributed by atoms with E-state index in [-0.39, 0.29) is 62.1 Å². The van der Waals surface area contributed by atoms with Gasteiger partial charge < -0.3 is 9.47 Å². The van der Waals surface area contributed by atoms with Crippen molar-refractivity contribution >= 4 is 33.0 Å². The first kappa shape index (κ1) is 27.4. The summed E-state index contributed by atoms with van der Waals surface area (Å²) in [7, 11) is -8.01. The summed E-state index contributed by atoms with van der Waals surface area (Å²) in [5.74, 6) is 0. The molecule has 0 bridgehead atoms. The minimum Gasteiger partial charge on any atom is -0.466 e. The van der Waals surface area contributed by atoms with Gasteiger partial charge in [0.2, 0.25) is 20.0 Å². The van der Waals surface area contributed by atoms with Crippen molar-refractivity contribution in [1.82, 2.24) is 8.61 Å². The van der Waals surface area contributed by atoms with Gasteiger partial charge in [0.25, 0.3) is 12.9 Å². The maximum absolute atomic E-state index is 13.2. The van der Waals surface area contributed by atoms with Gasteiger partial charge in [0, 0.05) is 26.2 Å². The third kappa shape index (κ3) is 7.35. The van der Waals surface area contributed by atoms with Gasteiger partial charge in [0.1, 0.15) is 13.2 Å². The van der Waals surface area contributed by atoms with Gasteiger partial charge in [-0.05, 0) is 38.1 Å². The van der Waals surface area contributed by atoms with Crippen molar-refractivity contribution in [3.63, 3.8) is 0 Å². The van der Waals surface area contributed by atoms with E-state index in [9.17, 15) is 26.4 Å². The largest absolute Gasteiger partial charge is 0.466 e. The minimum absolute atomic E-state index is 0.0291. The Bertz CT molecular complexity index is 1050. The predicted molar refractivity (Wildman–Crippen MR) is 124 cm³/mol. The van der Waals surface area contributed by atoms with E-state index in [0.717, 1.165) is 19.7 Å². The normalized spacial score (nSPS) is 12.0. The first-order valence-corrected chi connectivity index (χ1v) is 13.2. The lowest BCUT2D eigenvalue weighted by molar-refractivity contribution is -0.129. The monoisotopic (exact) mass is 512 g/mol. The van der Waals surface area contributed by atoms with Gasteiger partial charge in [-0.3, -0.25) is 9.59 Å². The SMILES string of the molecule is Cc1ccc(S(=O)(=O)N(CCOC=O)CCN(CCOC=O)S(=O)(=O)c2ccc(C)cc2)cc1. The second-order valence-corrected chi connectivity index (χ2v) is 11.2. The summed E-state index contributed by atoms with van der Waals surface area (Å²) in [5.41, 5.74) is 1.75. The number of carbonyl (C=O) groups is 2. The molecule has 0 saturated heterocycles. The molecule has 10 nitrogen and oxygen atoms in total. The molecule has 0 fully saturated rings. The molecular weight excluding hydrogens is 484 g/mol. The fraction of sp³-hybridized carbons (Fsp3) is 0.364. The second-order valence-electron chi connectivity index (χ2n) is 7.37. The Balaban J connectivity index is 2.31. The molecule has 2 aromatic carbocycles. The van der Waals surface area contributed by atoms with Crippen molar-refractivity contribution < 1.29 is 35.9 Å². The Labute approximate surface area is 200 Å². The number of benzene rings is 2. The predicted octanol–water partition coefficient (Wildman–Crippen LogP) is 1.33. The first-order chi connectivity index (χ1) is 16.1. The Morgan fingerprint density at radius 2 is 0.941 bits per heavy atom.